The van der Waals surface area contributed by atoms with E-state index in [1.165, 1.54) is 6.08 Å². The predicted octanol–water partition coefficient (Wildman–Crippen LogP) is 3.39. The van der Waals surface area contributed by atoms with Crippen molar-refractivity contribution in [3.63, 3.8) is 0 Å². The molecule has 0 radical (unpaired) electrons. The number of epoxide rings is 1. The van der Waals surface area contributed by atoms with Crippen molar-refractivity contribution < 1.29 is 34.0 Å². The zero-order valence-electron chi connectivity index (χ0n) is 22.3. The SMILES string of the molecule is CC1=CC2CC34OC3(C(O)CC3(C)C5CCC6C(=CC5(O)CC34)C=CC(=O)OC6(C)C)C(C)C2OC1=O. The maximum atomic E-state index is 12.4. The van der Waals surface area contributed by atoms with Crippen LogP contribution in [0.25, 0.3) is 0 Å². The van der Waals surface area contributed by atoms with Crippen LogP contribution in [0.4, 0.5) is 0 Å². The molecule has 0 amide bonds. The minimum absolute atomic E-state index is 0.00434. The minimum Gasteiger partial charge on any atom is -0.458 e. The van der Waals surface area contributed by atoms with E-state index in [2.05, 4.69) is 13.8 Å². The molecular weight excluding hydrogens is 472 g/mol. The first-order valence-electron chi connectivity index (χ1n) is 13.9. The van der Waals surface area contributed by atoms with E-state index in [9.17, 15) is 19.8 Å². The number of esters is 2. The lowest BCUT2D eigenvalue weighted by atomic mass is 9.49. The molecule has 2 N–H and O–H groups in total. The Balaban J connectivity index is 1.31. The van der Waals surface area contributed by atoms with Gasteiger partial charge in [-0.3, -0.25) is 0 Å². The lowest BCUT2D eigenvalue weighted by Gasteiger charge is -2.53. The smallest absolute Gasteiger partial charge is 0.333 e. The van der Waals surface area contributed by atoms with Crippen molar-refractivity contribution in [2.75, 3.05) is 0 Å². The highest BCUT2D eigenvalue weighted by atomic mass is 16.7. The zero-order chi connectivity index (χ0) is 26.3. The van der Waals surface area contributed by atoms with Crippen molar-refractivity contribution in [2.45, 2.75) is 101 Å². The molecule has 4 aliphatic carbocycles. The van der Waals surface area contributed by atoms with Crippen LogP contribution in [-0.2, 0) is 23.8 Å². The predicted molar refractivity (Wildman–Crippen MR) is 133 cm³/mol. The maximum Gasteiger partial charge on any atom is 0.333 e. The zero-order valence-corrected chi connectivity index (χ0v) is 22.3. The lowest BCUT2D eigenvalue weighted by molar-refractivity contribution is -0.161. The Kier molecular flexibility index (Phi) is 4.54. The first kappa shape index (κ1) is 24.1. The second-order valence-electron chi connectivity index (χ2n) is 13.8. The van der Waals surface area contributed by atoms with E-state index < -0.39 is 28.5 Å². The van der Waals surface area contributed by atoms with E-state index >= 15 is 0 Å². The van der Waals surface area contributed by atoms with E-state index in [1.807, 2.05) is 32.1 Å². The van der Waals surface area contributed by atoms with E-state index in [1.54, 1.807) is 6.92 Å². The number of rotatable bonds is 0. The molecule has 7 nitrogen and oxygen atoms in total. The number of fused-ring (bicyclic) bond motifs is 5. The molecule has 37 heavy (non-hydrogen) atoms. The van der Waals surface area contributed by atoms with Crippen LogP contribution in [0.3, 0.4) is 0 Å². The summed E-state index contributed by atoms with van der Waals surface area (Å²) in [6.45, 7) is 9.99. The summed E-state index contributed by atoms with van der Waals surface area (Å²) < 4.78 is 18.4. The summed E-state index contributed by atoms with van der Waals surface area (Å²) in [6.07, 6.45) is 9.68. The minimum atomic E-state index is -1.07. The summed E-state index contributed by atoms with van der Waals surface area (Å²) in [5.74, 6) is -0.740. The molecule has 0 spiro atoms. The van der Waals surface area contributed by atoms with Gasteiger partial charge in [0.15, 0.2) is 0 Å². The van der Waals surface area contributed by atoms with Gasteiger partial charge in [-0.2, -0.15) is 0 Å². The van der Waals surface area contributed by atoms with E-state index in [-0.39, 0.29) is 53.0 Å². The first-order chi connectivity index (χ1) is 17.3. The standard InChI is InChI=1S/C30H38O7/c1-15-10-18-12-29-21-13-28(34)11-17-6-9-23(32)36-26(3,4)19(17)7-8-20(28)27(21,5)14-22(31)30(29,37-29)16(2)24(18)35-25(15)33/h6,9-11,16,18-22,24,31,34H,7-8,12-14H2,1-5H3. The summed E-state index contributed by atoms with van der Waals surface area (Å²) in [7, 11) is 0. The second kappa shape index (κ2) is 6.97. The molecule has 4 fully saturated rings. The van der Waals surface area contributed by atoms with Gasteiger partial charge in [-0.1, -0.05) is 26.0 Å². The van der Waals surface area contributed by atoms with Crippen LogP contribution in [0.2, 0.25) is 0 Å². The number of ether oxygens (including phenoxy) is 3. The highest BCUT2D eigenvalue weighted by Crippen LogP contribution is 2.78. The Hall–Kier alpha value is -1.96. The monoisotopic (exact) mass is 510 g/mol. The Bertz CT molecular complexity index is 1200. The highest BCUT2D eigenvalue weighted by Gasteiger charge is 2.88. The van der Waals surface area contributed by atoms with Crippen molar-refractivity contribution in [1.29, 1.82) is 0 Å². The molecule has 7 rings (SSSR count). The van der Waals surface area contributed by atoms with Gasteiger partial charge in [0.2, 0.25) is 0 Å². The van der Waals surface area contributed by atoms with Crippen LogP contribution >= 0.6 is 0 Å². The summed E-state index contributed by atoms with van der Waals surface area (Å²) in [5, 5.41) is 24.1. The Morgan fingerprint density at radius 1 is 1.03 bits per heavy atom. The molecule has 200 valence electrons. The summed E-state index contributed by atoms with van der Waals surface area (Å²) >= 11 is 0. The third kappa shape index (κ3) is 2.78. The molecule has 0 aromatic carbocycles. The Morgan fingerprint density at radius 2 is 1.78 bits per heavy atom. The van der Waals surface area contributed by atoms with Crippen LogP contribution in [0.1, 0.15) is 66.7 Å². The van der Waals surface area contributed by atoms with Crippen LogP contribution in [0, 0.1) is 35.0 Å². The third-order valence-corrected chi connectivity index (χ3v) is 11.7. The fourth-order valence-electron chi connectivity index (χ4n) is 10.3. The van der Waals surface area contributed by atoms with Crippen molar-refractivity contribution >= 4 is 11.9 Å². The fraction of sp³-hybridized carbons (Fsp3) is 0.733. The van der Waals surface area contributed by atoms with Gasteiger partial charge in [-0.15, -0.1) is 0 Å². The largest absolute Gasteiger partial charge is 0.458 e. The molecule has 7 aliphatic rings. The molecule has 11 unspecified atom stereocenters. The average Bonchev–Trinajstić information content (AvgIpc) is 3.49. The molecular formula is C30H38O7. The normalized spacial score (nSPS) is 54.8. The van der Waals surface area contributed by atoms with Crippen LogP contribution < -0.4 is 0 Å². The number of allylic oxidation sites excluding steroid dienone is 1. The molecule has 7 heteroatoms. The first-order valence-corrected chi connectivity index (χ1v) is 13.9. The molecule has 3 heterocycles. The Morgan fingerprint density at radius 3 is 2.54 bits per heavy atom. The molecule has 1 saturated heterocycles. The number of hydrogen-bond donors (Lipinski definition) is 2. The van der Waals surface area contributed by atoms with Gasteiger partial charge < -0.3 is 24.4 Å². The molecule has 0 bridgehead atoms. The van der Waals surface area contributed by atoms with Gasteiger partial charge in [0.1, 0.15) is 22.9 Å². The summed E-state index contributed by atoms with van der Waals surface area (Å²) in [5.41, 5.74) is -1.79. The van der Waals surface area contributed by atoms with E-state index in [4.69, 9.17) is 14.2 Å². The van der Waals surface area contributed by atoms with Crippen LogP contribution in [-0.4, -0.2) is 56.8 Å². The number of carbonyl (C=O) groups excluding carboxylic acids is 2. The van der Waals surface area contributed by atoms with Gasteiger partial charge in [0.25, 0.3) is 0 Å². The number of cyclic esters (lactones) is 1. The average molecular weight is 511 g/mol. The fourth-order valence-corrected chi connectivity index (χ4v) is 10.3. The molecule has 3 aliphatic heterocycles. The van der Waals surface area contributed by atoms with Gasteiger partial charge in [0, 0.05) is 29.4 Å². The topological polar surface area (TPSA) is 106 Å². The van der Waals surface area contributed by atoms with Crippen molar-refractivity contribution in [1.82, 2.24) is 0 Å². The molecule has 0 aromatic rings. The van der Waals surface area contributed by atoms with E-state index in [0.29, 0.717) is 24.8 Å². The van der Waals surface area contributed by atoms with E-state index in [0.717, 1.165) is 18.4 Å². The van der Waals surface area contributed by atoms with Gasteiger partial charge in [-0.05, 0) is 81.8 Å². The third-order valence-electron chi connectivity index (χ3n) is 11.7. The number of hydrogen-bond acceptors (Lipinski definition) is 7. The Labute approximate surface area is 217 Å². The number of aliphatic hydroxyl groups is 2. The maximum absolute atomic E-state index is 12.4. The van der Waals surface area contributed by atoms with Crippen molar-refractivity contribution in [3.8, 4) is 0 Å². The highest BCUT2D eigenvalue weighted by molar-refractivity contribution is 5.89. The van der Waals surface area contributed by atoms with Crippen molar-refractivity contribution in [2.24, 2.45) is 35.0 Å². The van der Waals surface area contributed by atoms with Gasteiger partial charge in [-0.25, -0.2) is 9.59 Å². The quantitative estimate of drug-likeness (QED) is 0.380. The van der Waals surface area contributed by atoms with Crippen LogP contribution in [0.15, 0.2) is 35.5 Å². The molecule has 11 atom stereocenters. The summed E-state index contributed by atoms with van der Waals surface area (Å²) in [4.78, 5) is 24.6. The molecule has 0 aromatic heterocycles. The number of carbonyl (C=O) groups is 2. The van der Waals surface area contributed by atoms with Gasteiger partial charge >= 0.3 is 11.9 Å². The summed E-state index contributed by atoms with van der Waals surface area (Å²) in [6, 6.07) is 0. The second-order valence-corrected chi connectivity index (χ2v) is 13.8. The van der Waals surface area contributed by atoms with Crippen molar-refractivity contribution in [3.05, 3.63) is 35.5 Å². The van der Waals surface area contributed by atoms with Gasteiger partial charge in [0.05, 0.1) is 11.7 Å². The molecule has 3 saturated carbocycles. The lowest BCUT2D eigenvalue weighted by Crippen LogP contribution is -2.63. The van der Waals surface area contributed by atoms with Crippen LogP contribution in [0.5, 0.6) is 0 Å². The number of aliphatic hydroxyl groups excluding tert-OH is 1.